The molecule has 0 saturated heterocycles. The first kappa shape index (κ1) is 23.6. The second kappa shape index (κ2) is 7.73. The SMILES string of the molecule is CCC(=O)O[C@]1(C(=O)CCl)C2C[C@H](O)[C@@]3(F)[C@@H](C[C@H](F)C4=CC(=O)C=C[C@@]43C)[C@@H]2C[C@@H]1C. The summed E-state index contributed by atoms with van der Waals surface area (Å²) in [5.74, 6) is -4.36. The Hall–Kier alpha value is -1.60. The van der Waals surface area contributed by atoms with Gasteiger partial charge in [-0.1, -0.05) is 19.9 Å². The van der Waals surface area contributed by atoms with Crippen molar-refractivity contribution in [3.63, 3.8) is 0 Å². The van der Waals surface area contributed by atoms with E-state index in [1.807, 2.05) is 0 Å². The molecule has 0 amide bonds. The summed E-state index contributed by atoms with van der Waals surface area (Å²) >= 11 is 5.91. The molecule has 0 aliphatic heterocycles. The second-order valence-electron chi connectivity index (χ2n) is 9.95. The van der Waals surface area contributed by atoms with Crippen LogP contribution in [0.1, 0.15) is 46.5 Å². The highest BCUT2D eigenvalue weighted by Gasteiger charge is 2.73. The fourth-order valence-corrected chi connectivity index (χ4v) is 7.37. The Labute approximate surface area is 191 Å². The van der Waals surface area contributed by atoms with Crippen molar-refractivity contribution in [2.24, 2.45) is 29.1 Å². The van der Waals surface area contributed by atoms with E-state index in [1.54, 1.807) is 13.8 Å². The third-order valence-corrected chi connectivity index (χ3v) is 8.89. The highest BCUT2D eigenvalue weighted by molar-refractivity contribution is 6.29. The molecule has 0 aromatic carbocycles. The summed E-state index contributed by atoms with van der Waals surface area (Å²) in [6, 6.07) is 0. The lowest BCUT2D eigenvalue weighted by atomic mass is 9.47. The first-order valence-electron chi connectivity index (χ1n) is 11.2. The highest BCUT2D eigenvalue weighted by atomic mass is 35.5. The number of fused-ring (bicyclic) bond motifs is 5. The number of esters is 1. The fourth-order valence-electron chi connectivity index (χ4n) is 7.16. The van der Waals surface area contributed by atoms with Crippen molar-refractivity contribution in [1.29, 1.82) is 0 Å². The summed E-state index contributed by atoms with van der Waals surface area (Å²) in [6.45, 7) is 4.90. The van der Waals surface area contributed by atoms with Gasteiger partial charge in [-0.25, -0.2) is 8.78 Å². The molecule has 0 bridgehead atoms. The zero-order valence-corrected chi connectivity index (χ0v) is 19.2. The Bertz CT molecular complexity index is 918. The molecule has 0 spiro atoms. The monoisotopic (exact) mass is 470 g/mol. The lowest BCUT2D eigenvalue weighted by Crippen LogP contribution is -2.68. The van der Waals surface area contributed by atoms with Gasteiger partial charge in [0.15, 0.2) is 22.8 Å². The van der Waals surface area contributed by atoms with E-state index < -0.39 is 70.2 Å². The van der Waals surface area contributed by atoms with Crippen LogP contribution in [0.25, 0.3) is 0 Å². The molecule has 0 aromatic rings. The van der Waals surface area contributed by atoms with Gasteiger partial charge in [-0.15, -0.1) is 11.6 Å². The minimum atomic E-state index is -2.23. The van der Waals surface area contributed by atoms with Crippen LogP contribution in [0.2, 0.25) is 0 Å². The molecule has 4 rings (SSSR count). The largest absolute Gasteiger partial charge is 0.450 e. The van der Waals surface area contributed by atoms with Crippen molar-refractivity contribution in [2.45, 2.75) is 70.0 Å². The molecule has 1 N–H and O–H groups in total. The topological polar surface area (TPSA) is 80.7 Å². The number of ether oxygens (including phenoxy) is 1. The second-order valence-corrected chi connectivity index (χ2v) is 10.2. The number of rotatable bonds is 4. The van der Waals surface area contributed by atoms with Crippen LogP contribution in [0.5, 0.6) is 0 Å². The summed E-state index contributed by atoms with van der Waals surface area (Å²) in [4.78, 5) is 37.3. The zero-order chi connectivity index (χ0) is 23.6. The first-order chi connectivity index (χ1) is 15.0. The molecule has 0 heterocycles. The predicted octanol–water partition coefficient (Wildman–Crippen LogP) is 3.66. The minimum absolute atomic E-state index is 0.0489. The maximum atomic E-state index is 17.0. The average Bonchev–Trinajstić information content (AvgIpc) is 3.03. The minimum Gasteiger partial charge on any atom is -0.450 e. The average molecular weight is 471 g/mol. The van der Waals surface area contributed by atoms with Gasteiger partial charge in [-0.05, 0) is 49.8 Å². The van der Waals surface area contributed by atoms with Gasteiger partial charge in [0.25, 0.3) is 0 Å². The van der Waals surface area contributed by atoms with Crippen molar-refractivity contribution in [1.82, 2.24) is 0 Å². The quantitative estimate of drug-likeness (QED) is 0.501. The van der Waals surface area contributed by atoms with Gasteiger partial charge in [0.2, 0.25) is 0 Å². The van der Waals surface area contributed by atoms with Crippen molar-refractivity contribution >= 4 is 29.1 Å². The number of alkyl halides is 3. The molecule has 4 aliphatic carbocycles. The van der Waals surface area contributed by atoms with E-state index in [9.17, 15) is 19.5 Å². The number of Topliss-reactive ketones (excluding diaryl/α,β-unsaturated/α-hetero) is 1. The molecule has 4 aliphatic rings. The molecule has 3 saturated carbocycles. The molecule has 8 heteroatoms. The van der Waals surface area contributed by atoms with Crippen molar-refractivity contribution in [3.8, 4) is 0 Å². The van der Waals surface area contributed by atoms with Crippen LogP contribution < -0.4 is 0 Å². The number of ketones is 2. The zero-order valence-electron chi connectivity index (χ0n) is 18.4. The Balaban J connectivity index is 1.82. The smallest absolute Gasteiger partial charge is 0.306 e. The summed E-state index contributed by atoms with van der Waals surface area (Å²) in [5, 5.41) is 11.2. The van der Waals surface area contributed by atoms with E-state index in [0.717, 1.165) is 6.08 Å². The van der Waals surface area contributed by atoms with E-state index in [-0.39, 0.29) is 30.7 Å². The maximum absolute atomic E-state index is 17.0. The molecular formula is C24H29ClF2O5. The lowest BCUT2D eigenvalue weighted by Gasteiger charge is -2.60. The van der Waals surface area contributed by atoms with E-state index in [2.05, 4.69) is 0 Å². The molecule has 32 heavy (non-hydrogen) atoms. The standard InChI is InChI=1S/C24H29ClF2O5/c1-4-21(31)32-23(20(30)11-25)12(2)7-14-15(23)10-19(29)24(27)16(14)9-18(26)17-8-13(28)5-6-22(17,24)3/h5-6,8,12,14-16,18-19,29H,4,7,9-11H2,1-3H3/t12-,14+,15?,16-,18-,19-,22-,23-,24-/m0/s1. The van der Waals surface area contributed by atoms with Gasteiger partial charge in [-0.2, -0.15) is 0 Å². The Morgan fingerprint density at radius 1 is 1.28 bits per heavy atom. The van der Waals surface area contributed by atoms with Crippen LogP contribution in [0.3, 0.4) is 0 Å². The van der Waals surface area contributed by atoms with Crippen molar-refractivity contribution in [2.75, 3.05) is 5.88 Å². The molecule has 1 unspecified atom stereocenters. The predicted molar refractivity (Wildman–Crippen MR) is 113 cm³/mol. The summed E-state index contributed by atoms with van der Waals surface area (Å²) in [6.07, 6.45) is 0.708. The van der Waals surface area contributed by atoms with Gasteiger partial charge >= 0.3 is 5.97 Å². The number of aliphatic hydroxyl groups is 1. The molecular weight excluding hydrogens is 442 g/mol. The lowest BCUT2D eigenvalue weighted by molar-refractivity contribution is -0.205. The number of hydrogen-bond acceptors (Lipinski definition) is 5. The number of halogens is 3. The molecule has 3 fully saturated rings. The van der Waals surface area contributed by atoms with Crippen molar-refractivity contribution in [3.05, 3.63) is 23.8 Å². The molecule has 0 radical (unpaired) electrons. The maximum Gasteiger partial charge on any atom is 0.306 e. The Morgan fingerprint density at radius 3 is 2.59 bits per heavy atom. The van der Waals surface area contributed by atoms with E-state index >= 15 is 8.78 Å². The fraction of sp³-hybridized carbons (Fsp3) is 0.708. The Morgan fingerprint density at radius 2 is 1.97 bits per heavy atom. The van der Waals surface area contributed by atoms with Crippen LogP contribution in [0.4, 0.5) is 8.78 Å². The van der Waals surface area contributed by atoms with Gasteiger partial charge < -0.3 is 9.84 Å². The highest BCUT2D eigenvalue weighted by Crippen LogP contribution is 2.67. The van der Waals surface area contributed by atoms with Crippen LogP contribution in [0.15, 0.2) is 23.8 Å². The van der Waals surface area contributed by atoms with Crippen LogP contribution in [-0.4, -0.2) is 52.1 Å². The Kier molecular flexibility index (Phi) is 5.69. The van der Waals surface area contributed by atoms with Gasteiger partial charge in [0.1, 0.15) is 6.17 Å². The van der Waals surface area contributed by atoms with Gasteiger partial charge in [-0.3, -0.25) is 14.4 Å². The first-order valence-corrected chi connectivity index (χ1v) is 11.8. The van der Waals surface area contributed by atoms with E-state index in [0.29, 0.717) is 6.42 Å². The summed E-state index contributed by atoms with van der Waals surface area (Å²) in [5.41, 5.74) is -5.23. The van der Waals surface area contributed by atoms with Gasteiger partial charge in [0, 0.05) is 29.6 Å². The molecule has 9 atom stereocenters. The third kappa shape index (κ3) is 2.86. The normalized spacial score (nSPS) is 47.2. The number of carbonyl (C=O) groups is 3. The molecule has 0 aromatic heterocycles. The van der Waals surface area contributed by atoms with Crippen LogP contribution in [0, 0.1) is 29.1 Å². The summed E-state index contributed by atoms with van der Waals surface area (Å²) < 4.78 is 38.1. The molecule has 5 nitrogen and oxygen atoms in total. The summed E-state index contributed by atoms with van der Waals surface area (Å²) in [7, 11) is 0. The number of allylic oxidation sites excluding steroid dienone is 4. The van der Waals surface area contributed by atoms with Gasteiger partial charge in [0.05, 0.1) is 12.0 Å². The van der Waals surface area contributed by atoms with E-state index in [1.165, 1.54) is 19.1 Å². The van der Waals surface area contributed by atoms with Crippen LogP contribution in [-0.2, 0) is 19.1 Å². The van der Waals surface area contributed by atoms with Crippen LogP contribution >= 0.6 is 11.6 Å². The third-order valence-electron chi connectivity index (χ3n) is 8.65. The molecule has 176 valence electrons. The van der Waals surface area contributed by atoms with Crippen molar-refractivity contribution < 1.29 is 33.0 Å². The number of hydrogen-bond donors (Lipinski definition) is 1. The number of carbonyl (C=O) groups excluding carboxylic acids is 3. The van der Waals surface area contributed by atoms with E-state index in [4.69, 9.17) is 16.3 Å². The number of aliphatic hydroxyl groups excluding tert-OH is 1.